The molecule has 1 rings (SSSR count). The number of hydrogen-bond acceptors (Lipinski definition) is 3. The van der Waals surface area contributed by atoms with Gasteiger partial charge in [0.05, 0.1) is 13.5 Å². The van der Waals surface area contributed by atoms with E-state index in [4.69, 9.17) is 15.6 Å². The number of carbonyl (C=O) groups is 1. The van der Waals surface area contributed by atoms with Crippen molar-refractivity contribution in [1.82, 2.24) is 0 Å². The van der Waals surface area contributed by atoms with Gasteiger partial charge < -0.3 is 15.6 Å². The van der Waals surface area contributed by atoms with E-state index < -0.39 is 24.9 Å². The Morgan fingerprint density at radius 1 is 1.47 bits per heavy atom. The molecule has 0 saturated heterocycles. The molecule has 1 aromatic rings. The lowest BCUT2D eigenvalue weighted by Gasteiger charge is -2.15. The molecule has 0 bridgehead atoms. The molecule has 0 heterocycles. The smallest absolute Gasteiger partial charge is 0.305 e. The van der Waals surface area contributed by atoms with Crippen molar-refractivity contribution in [3.05, 3.63) is 29.3 Å². The normalized spacial score (nSPS) is 12.5. The number of ether oxygens (including phenoxy) is 1. The molecule has 4 nitrogen and oxygen atoms in total. The Bertz CT molecular complexity index is 410. The van der Waals surface area contributed by atoms with Crippen LogP contribution in [-0.2, 0) is 4.79 Å². The Morgan fingerprint density at radius 3 is 2.59 bits per heavy atom. The predicted molar refractivity (Wildman–Crippen MR) is 57.1 cm³/mol. The molecule has 6 heteroatoms. The van der Waals surface area contributed by atoms with Crippen molar-refractivity contribution in [2.45, 2.75) is 18.9 Å². The Labute approximate surface area is 97.0 Å². The fraction of sp³-hybridized carbons (Fsp3) is 0.364. The Hall–Kier alpha value is -1.69. The van der Waals surface area contributed by atoms with Gasteiger partial charge in [0.1, 0.15) is 5.75 Å². The maximum atomic E-state index is 12.7. The molecule has 0 aliphatic heterocycles. The van der Waals surface area contributed by atoms with Gasteiger partial charge in [-0.25, -0.2) is 8.78 Å². The van der Waals surface area contributed by atoms with Crippen molar-refractivity contribution in [2.24, 2.45) is 5.73 Å². The summed E-state index contributed by atoms with van der Waals surface area (Å²) >= 11 is 0. The number of hydrogen-bond donors (Lipinski definition) is 2. The first-order chi connectivity index (χ1) is 7.95. The van der Waals surface area contributed by atoms with Crippen LogP contribution in [0.1, 0.15) is 30.0 Å². The van der Waals surface area contributed by atoms with Crippen LogP contribution < -0.4 is 10.5 Å². The first-order valence-corrected chi connectivity index (χ1v) is 4.89. The molecule has 1 unspecified atom stereocenters. The number of methoxy groups -OCH3 is 1. The second kappa shape index (κ2) is 5.58. The summed E-state index contributed by atoms with van der Waals surface area (Å²) < 4.78 is 30.3. The van der Waals surface area contributed by atoms with E-state index in [2.05, 4.69) is 0 Å². The third-order valence-electron chi connectivity index (χ3n) is 2.32. The van der Waals surface area contributed by atoms with Crippen molar-refractivity contribution < 1.29 is 23.4 Å². The van der Waals surface area contributed by atoms with Crippen LogP contribution >= 0.6 is 0 Å². The second-order valence-electron chi connectivity index (χ2n) is 3.50. The lowest BCUT2D eigenvalue weighted by molar-refractivity contribution is -0.137. The monoisotopic (exact) mass is 245 g/mol. The van der Waals surface area contributed by atoms with Crippen molar-refractivity contribution in [3.63, 3.8) is 0 Å². The molecule has 17 heavy (non-hydrogen) atoms. The SMILES string of the molecule is COc1ccc(C(F)F)c(C(N)CC(=O)O)c1. The third kappa shape index (κ3) is 3.39. The summed E-state index contributed by atoms with van der Waals surface area (Å²) in [6, 6.07) is 2.94. The Morgan fingerprint density at radius 2 is 2.12 bits per heavy atom. The average Bonchev–Trinajstić information content (AvgIpc) is 2.27. The highest BCUT2D eigenvalue weighted by Crippen LogP contribution is 2.30. The van der Waals surface area contributed by atoms with Gasteiger partial charge >= 0.3 is 5.97 Å². The summed E-state index contributed by atoms with van der Waals surface area (Å²) in [5.74, 6) is -0.772. The second-order valence-corrected chi connectivity index (χ2v) is 3.50. The van der Waals surface area contributed by atoms with Crippen LogP contribution in [0.5, 0.6) is 5.75 Å². The molecule has 0 aromatic heterocycles. The van der Waals surface area contributed by atoms with E-state index in [0.29, 0.717) is 5.75 Å². The van der Waals surface area contributed by atoms with Gasteiger partial charge in [-0.05, 0) is 23.8 Å². The number of alkyl halides is 2. The van der Waals surface area contributed by atoms with E-state index >= 15 is 0 Å². The van der Waals surface area contributed by atoms with E-state index in [1.54, 1.807) is 0 Å². The van der Waals surface area contributed by atoms with Gasteiger partial charge in [0.15, 0.2) is 0 Å². The highest BCUT2D eigenvalue weighted by Gasteiger charge is 2.20. The summed E-state index contributed by atoms with van der Waals surface area (Å²) in [7, 11) is 1.39. The molecule has 0 fully saturated rings. The van der Waals surface area contributed by atoms with Crippen molar-refractivity contribution in [1.29, 1.82) is 0 Å². The van der Waals surface area contributed by atoms with Gasteiger partial charge in [-0.3, -0.25) is 4.79 Å². The first-order valence-electron chi connectivity index (χ1n) is 4.89. The van der Waals surface area contributed by atoms with E-state index in [-0.39, 0.29) is 11.1 Å². The molecule has 0 radical (unpaired) electrons. The zero-order valence-corrected chi connectivity index (χ0v) is 9.19. The molecule has 0 aliphatic rings. The minimum atomic E-state index is -2.70. The highest BCUT2D eigenvalue weighted by molar-refractivity contribution is 5.68. The number of halogens is 2. The zero-order valence-electron chi connectivity index (χ0n) is 9.19. The first kappa shape index (κ1) is 13.4. The highest BCUT2D eigenvalue weighted by atomic mass is 19.3. The lowest BCUT2D eigenvalue weighted by Crippen LogP contribution is -2.17. The van der Waals surface area contributed by atoms with Gasteiger partial charge in [-0.1, -0.05) is 0 Å². The Balaban J connectivity index is 3.12. The molecule has 94 valence electrons. The summed E-state index contributed by atoms with van der Waals surface area (Å²) in [6.07, 6.45) is -3.11. The van der Waals surface area contributed by atoms with Gasteiger partial charge in [0, 0.05) is 11.6 Å². The molecule has 0 aliphatic carbocycles. The fourth-order valence-corrected chi connectivity index (χ4v) is 1.50. The van der Waals surface area contributed by atoms with Gasteiger partial charge in [-0.15, -0.1) is 0 Å². The van der Waals surface area contributed by atoms with Crippen LogP contribution in [0, 0.1) is 0 Å². The van der Waals surface area contributed by atoms with E-state index in [1.807, 2.05) is 0 Å². The molecule has 3 N–H and O–H groups in total. The van der Waals surface area contributed by atoms with E-state index in [9.17, 15) is 13.6 Å². The van der Waals surface area contributed by atoms with Crippen molar-refractivity contribution in [2.75, 3.05) is 7.11 Å². The molecule has 1 aromatic carbocycles. The van der Waals surface area contributed by atoms with Gasteiger partial charge in [0.25, 0.3) is 6.43 Å². The number of benzene rings is 1. The minimum Gasteiger partial charge on any atom is -0.497 e. The molecular formula is C11H13F2NO3. The average molecular weight is 245 g/mol. The summed E-state index contributed by atoms with van der Waals surface area (Å²) in [5, 5.41) is 8.60. The standard InChI is InChI=1S/C11H13F2NO3/c1-17-6-2-3-7(11(12)13)8(4-6)9(14)5-10(15)16/h2-4,9,11H,5,14H2,1H3,(H,15,16). The fourth-order valence-electron chi connectivity index (χ4n) is 1.50. The van der Waals surface area contributed by atoms with E-state index in [0.717, 1.165) is 0 Å². The number of carboxylic acid groups (broad SMARTS) is 1. The van der Waals surface area contributed by atoms with Crippen LogP contribution in [0.4, 0.5) is 8.78 Å². The topological polar surface area (TPSA) is 72.5 Å². The molecular weight excluding hydrogens is 232 g/mol. The van der Waals surface area contributed by atoms with Gasteiger partial charge in [-0.2, -0.15) is 0 Å². The van der Waals surface area contributed by atoms with E-state index in [1.165, 1.54) is 25.3 Å². The quantitative estimate of drug-likeness (QED) is 0.833. The third-order valence-corrected chi connectivity index (χ3v) is 2.32. The predicted octanol–water partition coefficient (Wildman–Crippen LogP) is 2.11. The zero-order chi connectivity index (χ0) is 13.0. The number of nitrogens with two attached hydrogens (primary N) is 1. The maximum Gasteiger partial charge on any atom is 0.305 e. The molecule has 0 spiro atoms. The molecule has 0 saturated carbocycles. The number of rotatable bonds is 5. The number of carboxylic acids is 1. The maximum absolute atomic E-state index is 12.7. The minimum absolute atomic E-state index is 0.0988. The summed E-state index contributed by atoms with van der Waals surface area (Å²) in [5.41, 5.74) is 5.42. The van der Waals surface area contributed by atoms with Crippen LogP contribution in [0.25, 0.3) is 0 Å². The molecule has 0 amide bonds. The number of aliphatic carboxylic acids is 1. The van der Waals surface area contributed by atoms with Crippen molar-refractivity contribution >= 4 is 5.97 Å². The van der Waals surface area contributed by atoms with Crippen LogP contribution in [0.3, 0.4) is 0 Å². The van der Waals surface area contributed by atoms with Crippen LogP contribution in [-0.4, -0.2) is 18.2 Å². The van der Waals surface area contributed by atoms with Crippen LogP contribution in [0.2, 0.25) is 0 Å². The lowest BCUT2D eigenvalue weighted by atomic mass is 9.98. The molecule has 1 atom stereocenters. The van der Waals surface area contributed by atoms with Gasteiger partial charge in [0.2, 0.25) is 0 Å². The largest absolute Gasteiger partial charge is 0.497 e. The summed E-state index contributed by atoms with van der Waals surface area (Å²) in [4.78, 5) is 10.5. The van der Waals surface area contributed by atoms with Crippen molar-refractivity contribution in [3.8, 4) is 5.75 Å². The van der Waals surface area contributed by atoms with Crippen LogP contribution in [0.15, 0.2) is 18.2 Å². The summed E-state index contributed by atoms with van der Waals surface area (Å²) in [6.45, 7) is 0. The Kier molecular flexibility index (Phi) is 4.39.